The first-order chi connectivity index (χ1) is 8.63. The van der Waals surface area contributed by atoms with Gasteiger partial charge >= 0.3 is 0 Å². The molecule has 0 amide bonds. The number of nitrogens with zero attached hydrogens (tertiary/aromatic N) is 1. The SMILES string of the molecule is CCCC(C)(CNCC)CN1CCC(CO)CC1. The molecule has 1 rings (SSSR count). The van der Waals surface area contributed by atoms with Crippen LogP contribution in [-0.4, -0.2) is 49.3 Å². The molecule has 0 spiro atoms. The molecule has 1 aliphatic rings. The molecule has 0 aromatic heterocycles. The first kappa shape index (κ1) is 15.9. The summed E-state index contributed by atoms with van der Waals surface area (Å²) in [6, 6.07) is 0. The average Bonchev–Trinajstić information content (AvgIpc) is 2.38. The van der Waals surface area contributed by atoms with E-state index in [1.807, 2.05) is 0 Å². The lowest BCUT2D eigenvalue weighted by Crippen LogP contribution is -2.45. The van der Waals surface area contributed by atoms with E-state index in [9.17, 15) is 5.11 Å². The Labute approximate surface area is 113 Å². The highest BCUT2D eigenvalue weighted by Crippen LogP contribution is 2.26. The lowest BCUT2D eigenvalue weighted by Gasteiger charge is -2.39. The van der Waals surface area contributed by atoms with Crippen LogP contribution in [0.1, 0.15) is 46.5 Å². The molecule has 3 heteroatoms. The molecule has 0 saturated carbocycles. The highest BCUT2D eigenvalue weighted by molar-refractivity contribution is 4.83. The zero-order valence-corrected chi connectivity index (χ0v) is 12.5. The molecule has 1 unspecified atom stereocenters. The van der Waals surface area contributed by atoms with Gasteiger partial charge in [0.05, 0.1) is 0 Å². The van der Waals surface area contributed by atoms with Crippen molar-refractivity contribution in [3.8, 4) is 0 Å². The van der Waals surface area contributed by atoms with E-state index in [-0.39, 0.29) is 0 Å². The number of piperidine rings is 1. The van der Waals surface area contributed by atoms with Crippen molar-refractivity contribution in [1.82, 2.24) is 10.2 Å². The monoisotopic (exact) mass is 256 g/mol. The van der Waals surface area contributed by atoms with Crippen molar-refractivity contribution >= 4 is 0 Å². The van der Waals surface area contributed by atoms with Crippen molar-refractivity contribution < 1.29 is 5.11 Å². The third-order valence-electron chi connectivity index (χ3n) is 4.23. The fourth-order valence-electron chi connectivity index (χ4n) is 3.12. The number of hydrogen-bond donors (Lipinski definition) is 2. The van der Waals surface area contributed by atoms with Gasteiger partial charge in [-0.2, -0.15) is 0 Å². The number of hydrogen-bond acceptors (Lipinski definition) is 3. The summed E-state index contributed by atoms with van der Waals surface area (Å²) in [5.41, 5.74) is 0.400. The van der Waals surface area contributed by atoms with E-state index in [4.69, 9.17) is 0 Å². The molecule has 108 valence electrons. The molecule has 0 radical (unpaired) electrons. The minimum atomic E-state index is 0.372. The fourth-order valence-corrected chi connectivity index (χ4v) is 3.12. The summed E-state index contributed by atoms with van der Waals surface area (Å²) in [6.45, 7) is 13.0. The molecule has 0 aromatic rings. The fraction of sp³-hybridized carbons (Fsp3) is 1.00. The summed E-state index contributed by atoms with van der Waals surface area (Å²) < 4.78 is 0. The van der Waals surface area contributed by atoms with Crippen LogP contribution < -0.4 is 5.32 Å². The van der Waals surface area contributed by atoms with Crippen molar-refractivity contribution in [2.24, 2.45) is 11.3 Å². The zero-order valence-electron chi connectivity index (χ0n) is 12.5. The maximum atomic E-state index is 9.18. The Hall–Kier alpha value is -0.120. The van der Waals surface area contributed by atoms with Gasteiger partial charge in [-0.25, -0.2) is 0 Å². The topological polar surface area (TPSA) is 35.5 Å². The van der Waals surface area contributed by atoms with Crippen LogP contribution >= 0.6 is 0 Å². The second kappa shape index (κ2) is 8.13. The lowest BCUT2D eigenvalue weighted by atomic mass is 9.84. The average molecular weight is 256 g/mol. The van der Waals surface area contributed by atoms with Gasteiger partial charge < -0.3 is 15.3 Å². The Morgan fingerprint density at radius 1 is 1.28 bits per heavy atom. The Morgan fingerprint density at radius 3 is 2.44 bits per heavy atom. The summed E-state index contributed by atoms with van der Waals surface area (Å²) in [6.07, 6.45) is 4.88. The number of nitrogens with one attached hydrogen (secondary N) is 1. The minimum Gasteiger partial charge on any atom is -0.396 e. The molecular weight excluding hydrogens is 224 g/mol. The predicted octanol–water partition coefficient (Wildman–Crippen LogP) is 2.11. The van der Waals surface area contributed by atoms with Gasteiger partial charge in [-0.05, 0) is 50.2 Å². The van der Waals surface area contributed by atoms with E-state index < -0.39 is 0 Å². The van der Waals surface area contributed by atoms with Gasteiger partial charge in [-0.3, -0.25) is 0 Å². The van der Waals surface area contributed by atoms with Crippen LogP contribution in [-0.2, 0) is 0 Å². The van der Waals surface area contributed by atoms with Crippen LogP contribution in [0.15, 0.2) is 0 Å². The van der Waals surface area contributed by atoms with Crippen molar-refractivity contribution in [2.45, 2.75) is 46.5 Å². The largest absolute Gasteiger partial charge is 0.396 e. The predicted molar refractivity (Wildman–Crippen MR) is 77.8 cm³/mol. The Bertz CT molecular complexity index is 215. The van der Waals surface area contributed by atoms with Crippen molar-refractivity contribution in [1.29, 1.82) is 0 Å². The summed E-state index contributed by atoms with van der Waals surface area (Å²) >= 11 is 0. The quantitative estimate of drug-likeness (QED) is 0.698. The van der Waals surface area contributed by atoms with E-state index in [2.05, 4.69) is 31.0 Å². The number of likely N-dealkylation sites (tertiary alicyclic amines) is 1. The third kappa shape index (κ3) is 5.25. The van der Waals surface area contributed by atoms with Crippen LogP contribution in [0, 0.1) is 11.3 Å². The number of aliphatic hydroxyl groups excluding tert-OH is 1. The Kier molecular flexibility index (Phi) is 7.20. The van der Waals surface area contributed by atoms with Gasteiger partial charge in [-0.15, -0.1) is 0 Å². The Balaban J connectivity index is 2.40. The summed E-state index contributed by atoms with van der Waals surface area (Å²) in [4.78, 5) is 2.60. The van der Waals surface area contributed by atoms with E-state index in [1.54, 1.807) is 0 Å². The van der Waals surface area contributed by atoms with Gasteiger partial charge in [0, 0.05) is 19.7 Å². The van der Waals surface area contributed by atoms with Crippen LogP contribution in [0.3, 0.4) is 0 Å². The number of aliphatic hydroxyl groups is 1. The van der Waals surface area contributed by atoms with Gasteiger partial charge in [0.2, 0.25) is 0 Å². The first-order valence-corrected chi connectivity index (χ1v) is 7.67. The highest BCUT2D eigenvalue weighted by atomic mass is 16.3. The summed E-state index contributed by atoms with van der Waals surface area (Å²) in [5.74, 6) is 0.549. The molecule has 1 heterocycles. The van der Waals surface area contributed by atoms with Crippen molar-refractivity contribution in [3.63, 3.8) is 0 Å². The lowest BCUT2D eigenvalue weighted by molar-refractivity contribution is 0.0901. The molecule has 3 nitrogen and oxygen atoms in total. The second-order valence-electron chi connectivity index (χ2n) is 6.24. The van der Waals surface area contributed by atoms with Gasteiger partial charge in [0.25, 0.3) is 0 Å². The first-order valence-electron chi connectivity index (χ1n) is 7.67. The molecule has 1 aliphatic heterocycles. The molecule has 1 atom stereocenters. The molecule has 0 aromatic carbocycles. The van der Waals surface area contributed by atoms with E-state index in [0.29, 0.717) is 17.9 Å². The van der Waals surface area contributed by atoms with Crippen LogP contribution in [0.25, 0.3) is 0 Å². The van der Waals surface area contributed by atoms with Crippen molar-refractivity contribution in [2.75, 3.05) is 39.3 Å². The Morgan fingerprint density at radius 2 is 1.94 bits per heavy atom. The van der Waals surface area contributed by atoms with Gasteiger partial charge in [0.1, 0.15) is 0 Å². The van der Waals surface area contributed by atoms with Crippen LogP contribution in [0.2, 0.25) is 0 Å². The normalized spacial score (nSPS) is 22.0. The molecule has 18 heavy (non-hydrogen) atoms. The zero-order chi connectivity index (χ0) is 13.4. The van der Waals surface area contributed by atoms with Crippen molar-refractivity contribution in [3.05, 3.63) is 0 Å². The van der Waals surface area contributed by atoms with E-state index >= 15 is 0 Å². The summed E-state index contributed by atoms with van der Waals surface area (Å²) in [7, 11) is 0. The molecule has 0 bridgehead atoms. The highest BCUT2D eigenvalue weighted by Gasteiger charge is 2.28. The minimum absolute atomic E-state index is 0.372. The van der Waals surface area contributed by atoms with E-state index in [1.165, 1.54) is 32.2 Å². The molecule has 1 fully saturated rings. The standard InChI is InChI=1S/C15H32N2O/c1-4-8-15(3,12-16-5-2)13-17-9-6-14(11-18)7-10-17/h14,16,18H,4-13H2,1-3H3. The maximum absolute atomic E-state index is 9.18. The third-order valence-corrected chi connectivity index (χ3v) is 4.23. The van der Waals surface area contributed by atoms with E-state index in [0.717, 1.165) is 26.2 Å². The van der Waals surface area contributed by atoms with Crippen LogP contribution in [0.5, 0.6) is 0 Å². The van der Waals surface area contributed by atoms with Crippen LogP contribution in [0.4, 0.5) is 0 Å². The molecule has 0 aliphatic carbocycles. The second-order valence-corrected chi connectivity index (χ2v) is 6.24. The molecule has 2 N–H and O–H groups in total. The molecular formula is C15H32N2O. The smallest absolute Gasteiger partial charge is 0.0460 e. The van der Waals surface area contributed by atoms with Gasteiger partial charge in [0.15, 0.2) is 0 Å². The molecule has 1 saturated heterocycles. The van der Waals surface area contributed by atoms with Gasteiger partial charge in [-0.1, -0.05) is 27.2 Å². The number of rotatable bonds is 8. The summed E-state index contributed by atoms with van der Waals surface area (Å²) in [5, 5.41) is 12.7. The maximum Gasteiger partial charge on any atom is 0.0460 e.